The quantitative estimate of drug-likeness (QED) is 0.321. The van der Waals surface area contributed by atoms with Crippen molar-refractivity contribution in [1.29, 1.82) is 0 Å². The Labute approximate surface area is 190 Å². The maximum Gasteiger partial charge on any atom is 0.226 e. The number of halogens is 1. The van der Waals surface area contributed by atoms with Gasteiger partial charge in [0.2, 0.25) is 5.89 Å². The molecule has 2 heterocycles. The molecule has 0 saturated carbocycles. The number of hydrogen-bond acceptors (Lipinski definition) is 5. The summed E-state index contributed by atoms with van der Waals surface area (Å²) < 4.78 is 10.8. The molecule has 0 radical (unpaired) electrons. The lowest BCUT2D eigenvalue weighted by Crippen LogP contribution is -2.45. The van der Waals surface area contributed by atoms with Crippen LogP contribution < -0.4 is 10.6 Å². The molecule has 1 aromatic carbocycles. The van der Waals surface area contributed by atoms with Gasteiger partial charge in [-0.1, -0.05) is 17.7 Å². The van der Waals surface area contributed by atoms with Crippen LogP contribution in [0.2, 0.25) is 0 Å². The van der Waals surface area contributed by atoms with Crippen molar-refractivity contribution in [3.8, 4) is 11.5 Å². The highest BCUT2D eigenvalue weighted by Crippen LogP contribution is 2.19. The number of likely N-dealkylation sites (tertiary alicyclic amines) is 1. The largest absolute Gasteiger partial charge is 0.444 e. The highest BCUT2D eigenvalue weighted by Gasteiger charge is 2.23. The van der Waals surface area contributed by atoms with Crippen molar-refractivity contribution < 1.29 is 9.15 Å². The summed E-state index contributed by atoms with van der Waals surface area (Å²) in [6.45, 7) is 6.40. The number of nitrogens with zero attached hydrogens (tertiary/aromatic N) is 3. The lowest BCUT2D eigenvalue weighted by molar-refractivity contribution is 0.141. The van der Waals surface area contributed by atoms with Crippen molar-refractivity contribution in [2.45, 2.75) is 32.4 Å². The van der Waals surface area contributed by atoms with Crippen LogP contribution in [0.4, 0.5) is 0 Å². The fourth-order valence-corrected chi connectivity index (χ4v) is 3.46. The fourth-order valence-electron chi connectivity index (χ4n) is 3.46. The normalized spacial score (nSPS) is 17.2. The van der Waals surface area contributed by atoms with Crippen LogP contribution in [0.5, 0.6) is 0 Å². The zero-order valence-electron chi connectivity index (χ0n) is 17.5. The number of benzene rings is 1. The van der Waals surface area contributed by atoms with Crippen molar-refractivity contribution in [3.05, 3.63) is 41.8 Å². The summed E-state index contributed by atoms with van der Waals surface area (Å²) in [7, 11) is 3.54. The topological polar surface area (TPSA) is 74.9 Å². The van der Waals surface area contributed by atoms with Crippen molar-refractivity contribution >= 4 is 29.9 Å². The lowest BCUT2D eigenvalue weighted by atomic mass is 10.1. The number of methoxy groups -OCH3 is 1. The third kappa shape index (κ3) is 6.97. The van der Waals surface area contributed by atoms with Gasteiger partial charge in [-0.25, -0.2) is 4.98 Å². The molecule has 0 spiro atoms. The average Bonchev–Trinajstić information content (AvgIpc) is 3.36. The standard InChI is InChI=1S/C21H31N5O2.HI/c1-16-6-8-17(9-7-16)20-25-18(15-28-20)13-23-21(22-2)24-14-19-5-4-10-26(19)11-12-27-3;/h6-9,15,19H,4-5,10-14H2,1-3H3,(H2,22,23,24);1H. The van der Waals surface area contributed by atoms with E-state index in [9.17, 15) is 0 Å². The first-order valence-corrected chi connectivity index (χ1v) is 9.88. The number of aryl methyl sites for hydroxylation is 1. The fraction of sp³-hybridized carbons (Fsp3) is 0.524. The SMILES string of the molecule is CN=C(NCc1coc(-c2ccc(C)cc2)n1)NCC1CCCN1CCOC.I. The summed E-state index contributed by atoms with van der Waals surface area (Å²) in [5.41, 5.74) is 3.05. The van der Waals surface area contributed by atoms with Gasteiger partial charge in [0.25, 0.3) is 0 Å². The molecule has 0 bridgehead atoms. The Morgan fingerprint density at radius 1 is 1.31 bits per heavy atom. The molecular weight excluding hydrogens is 481 g/mol. The summed E-state index contributed by atoms with van der Waals surface area (Å²) in [4.78, 5) is 11.4. The Hall–Kier alpha value is -1.65. The molecule has 7 nitrogen and oxygen atoms in total. The molecule has 0 aliphatic carbocycles. The number of rotatable bonds is 8. The van der Waals surface area contributed by atoms with E-state index in [1.807, 2.05) is 12.1 Å². The Kier molecular flexibility index (Phi) is 9.89. The third-order valence-corrected chi connectivity index (χ3v) is 5.10. The summed E-state index contributed by atoms with van der Waals surface area (Å²) in [6, 6.07) is 8.68. The van der Waals surface area contributed by atoms with E-state index in [4.69, 9.17) is 9.15 Å². The third-order valence-electron chi connectivity index (χ3n) is 5.10. The number of aliphatic imine (C=N–C) groups is 1. The van der Waals surface area contributed by atoms with Gasteiger partial charge in [0.05, 0.1) is 18.8 Å². The van der Waals surface area contributed by atoms with Crippen molar-refractivity contribution in [2.75, 3.05) is 40.4 Å². The van der Waals surface area contributed by atoms with Crippen LogP contribution in [0.3, 0.4) is 0 Å². The van der Waals surface area contributed by atoms with Crippen LogP contribution >= 0.6 is 24.0 Å². The Morgan fingerprint density at radius 3 is 2.83 bits per heavy atom. The molecule has 2 N–H and O–H groups in total. The maximum atomic E-state index is 5.62. The smallest absolute Gasteiger partial charge is 0.226 e. The maximum absolute atomic E-state index is 5.62. The second-order valence-corrected chi connectivity index (χ2v) is 7.14. The van der Waals surface area contributed by atoms with E-state index in [1.165, 1.54) is 18.4 Å². The van der Waals surface area contributed by atoms with Gasteiger partial charge in [-0.2, -0.15) is 0 Å². The van der Waals surface area contributed by atoms with Gasteiger partial charge < -0.3 is 19.8 Å². The molecule has 1 aromatic heterocycles. The molecular formula is C21H32IN5O2. The zero-order chi connectivity index (χ0) is 19.8. The number of aromatic nitrogens is 1. The lowest BCUT2D eigenvalue weighted by Gasteiger charge is -2.25. The van der Waals surface area contributed by atoms with Crippen LogP contribution in [0.25, 0.3) is 11.5 Å². The number of guanidine groups is 1. The van der Waals surface area contributed by atoms with E-state index >= 15 is 0 Å². The number of nitrogens with one attached hydrogen (secondary N) is 2. The highest BCUT2D eigenvalue weighted by molar-refractivity contribution is 14.0. The van der Waals surface area contributed by atoms with E-state index in [2.05, 4.69) is 44.6 Å². The molecule has 1 aliphatic rings. The van der Waals surface area contributed by atoms with E-state index in [1.54, 1.807) is 20.4 Å². The minimum atomic E-state index is 0. The average molecular weight is 513 g/mol. The Morgan fingerprint density at radius 2 is 2.10 bits per heavy atom. The Balaban J connectivity index is 0.00000300. The predicted molar refractivity (Wildman–Crippen MR) is 127 cm³/mol. The van der Waals surface area contributed by atoms with E-state index in [0.717, 1.165) is 43.5 Å². The van der Waals surface area contributed by atoms with Gasteiger partial charge in [-0.05, 0) is 38.4 Å². The first-order valence-electron chi connectivity index (χ1n) is 9.88. The van der Waals surface area contributed by atoms with E-state index in [0.29, 0.717) is 18.5 Å². The van der Waals surface area contributed by atoms with Gasteiger partial charge >= 0.3 is 0 Å². The molecule has 3 rings (SSSR count). The van der Waals surface area contributed by atoms with E-state index < -0.39 is 0 Å². The first-order chi connectivity index (χ1) is 13.7. The molecule has 1 aliphatic heterocycles. The summed E-state index contributed by atoms with van der Waals surface area (Å²) >= 11 is 0. The molecule has 1 fully saturated rings. The minimum absolute atomic E-state index is 0. The van der Waals surface area contributed by atoms with E-state index in [-0.39, 0.29) is 24.0 Å². The van der Waals surface area contributed by atoms with Gasteiger partial charge in [0.15, 0.2) is 5.96 Å². The molecule has 8 heteroatoms. The van der Waals surface area contributed by atoms with Crippen molar-refractivity contribution in [1.82, 2.24) is 20.5 Å². The van der Waals surface area contributed by atoms with Gasteiger partial charge in [-0.3, -0.25) is 9.89 Å². The number of hydrogen-bond donors (Lipinski definition) is 2. The van der Waals surface area contributed by atoms with Crippen LogP contribution in [0.15, 0.2) is 39.9 Å². The molecule has 29 heavy (non-hydrogen) atoms. The number of ether oxygens (including phenoxy) is 1. The second-order valence-electron chi connectivity index (χ2n) is 7.14. The predicted octanol–water partition coefficient (Wildman–Crippen LogP) is 3.04. The molecule has 160 valence electrons. The molecule has 1 unspecified atom stereocenters. The summed E-state index contributed by atoms with van der Waals surface area (Å²) in [5, 5.41) is 6.75. The number of oxazole rings is 1. The first kappa shape index (κ1) is 23.6. The van der Waals surface area contributed by atoms with Gasteiger partial charge in [0.1, 0.15) is 6.26 Å². The van der Waals surface area contributed by atoms with Crippen molar-refractivity contribution in [2.24, 2.45) is 4.99 Å². The second kappa shape index (κ2) is 12.1. The zero-order valence-corrected chi connectivity index (χ0v) is 19.8. The Bertz CT molecular complexity index is 763. The van der Waals surface area contributed by atoms with Crippen LogP contribution in [-0.2, 0) is 11.3 Å². The minimum Gasteiger partial charge on any atom is -0.444 e. The summed E-state index contributed by atoms with van der Waals surface area (Å²) in [6.07, 6.45) is 4.14. The monoisotopic (exact) mass is 513 g/mol. The molecule has 0 amide bonds. The van der Waals surface area contributed by atoms with Crippen LogP contribution in [-0.4, -0.2) is 62.3 Å². The van der Waals surface area contributed by atoms with Gasteiger partial charge in [-0.15, -0.1) is 24.0 Å². The molecule has 2 aromatic rings. The van der Waals surface area contributed by atoms with Crippen LogP contribution in [0, 0.1) is 6.92 Å². The van der Waals surface area contributed by atoms with Crippen LogP contribution in [0.1, 0.15) is 24.1 Å². The molecule has 1 saturated heterocycles. The highest BCUT2D eigenvalue weighted by atomic mass is 127. The molecule has 1 atom stereocenters. The van der Waals surface area contributed by atoms with Crippen molar-refractivity contribution in [3.63, 3.8) is 0 Å². The summed E-state index contributed by atoms with van der Waals surface area (Å²) in [5.74, 6) is 1.41. The van der Waals surface area contributed by atoms with Gasteiger partial charge in [0, 0.05) is 38.9 Å².